The van der Waals surface area contributed by atoms with Crippen LogP contribution >= 0.6 is 11.6 Å². The molecule has 6 nitrogen and oxygen atoms in total. The summed E-state index contributed by atoms with van der Waals surface area (Å²) in [6, 6.07) is 10.0. The lowest BCUT2D eigenvalue weighted by Crippen LogP contribution is -2.56. The van der Waals surface area contributed by atoms with Crippen LogP contribution in [0.1, 0.15) is 35.7 Å². The highest BCUT2D eigenvalue weighted by Crippen LogP contribution is 2.28. The molecule has 2 aliphatic heterocycles. The Kier molecular flexibility index (Phi) is 7.28. The molecule has 0 N–H and O–H groups in total. The number of rotatable bonds is 5. The molecule has 4 rings (SSSR count). The van der Waals surface area contributed by atoms with Gasteiger partial charge in [0.15, 0.2) is 11.6 Å². The number of piperidine rings is 1. The van der Waals surface area contributed by atoms with Crippen molar-refractivity contribution in [3.05, 3.63) is 58.5 Å². The summed E-state index contributed by atoms with van der Waals surface area (Å²) in [4.78, 5) is 20.5. The van der Waals surface area contributed by atoms with E-state index in [0.29, 0.717) is 31.8 Å². The molecule has 172 valence electrons. The summed E-state index contributed by atoms with van der Waals surface area (Å²) in [5.41, 5.74) is 1.16. The van der Waals surface area contributed by atoms with Crippen molar-refractivity contribution in [2.75, 3.05) is 38.3 Å². The fourth-order valence-electron chi connectivity index (χ4n) is 4.72. The number of morpholine rings is 1. The lowest BCUT2D eigenvalue weighted by molar-refractivity contribution is -0.0745. The van der Waals surface area contributed by atoms with E-state index in [4.69, 9.17) is 16.3 Å². The number of anilines is 1. The number of carbonyl (C=O) groups is 1. The van der Waals surface area contributed by atoms with Gasteiger partial charge >= 0.3 is 5.97 Å². The Morgan fingerprint density at radius 1 is 1.25 bits per heavy atom. The average molecular weight is 462 g/mol. The minimum atomic E-state index is -0.687. The van der Waals surface area contributed by atoms with Crippen molar-refractivity contribution in [2.24, 2.45) is 0 Å². The minimum absolute atomic E-state index is 0.0790. The zero-order chi connectivity index (χ0) is 22.7. The van der Waals surface area contributed by atoms with E-state index in [0.717, 1.165) is 30.8 Å². The number of ether oxygens (including phenoxy) is 2. The van der Waals surface area contributed by atoms with Crippen molar-refractivity contribution in [1.29, 1.82) is 0 Å². The Morgan fingerprint density at radius 2 is 1.97 bits per heavy atom. The number of benzene rings is 1. The van der Waals surface area contributed by atoms with E-state index in [1.807, 2.05) is 17.0 Å². The lowest BCUT2D eigenvalue weighted by atomic mass is 9.96. The third-order valence-corrected chi connectivity index (χ3v) is 6.66. The van der Waals surface area contributed by atoms with E-state index >= 15 is 0 Å². The molecule has 0 saturated carbocycles. The Balaban J connectivity index is 1.44. The molecule has 0 amide bonds. The second-order valence-corrected chi connectivity index (χ2v) is 8.97. The van der Waals surface area contributed by atoms with Crippen molar-refractivity contribution in [3.8, 4) is 0 Å². The van der Waals surface area contributed by atoms with Crippen LogP contribution in [0.3, 0.4) is 0 Å². The molecule has 2 aromatic rings. The summed E-state index contributed by atoms with van der Waals surface area (Å²) in [5, 5.41) is 0.739. The number of carbonyl (C=O) groups excluding carboxylic acids is 1. The quantitative estimate of drug-likeness (QED) is 0.628. The first-order valence-corrected chi connectivity index (χ1v) is 11.4. The summed E-state index contributed by atoms with van der Waals surface area (Å²) in [5.74, 6) is -1.08. The Bertz CT molecular complexity index is 935. The highest BCUT2D eigenvalue weighted by Gasteiger charge is 2.35. The molecule has 2 atom stereocenters. The highest BCUT2D eigenvalue weighted by atomic mass is 35.5. The lowest BCUT2D eigenvalue weighted by Gasteiger charge is -2.46. The van der Waals surface area contributed by atoms with Gasteiger partial charge in [-0.15, -0.1) is 0 Å². The minimum Gasteiger partial charge on any atom is -0.465 e. The molecular formula is C24H29ClFN3O3. The van der Waals surface area contributed by atoms with Crippen molar-refractivity contribution in [1.82, 2.24) is 9.88 Å². The van der Waals surface area contributed by atoms with E-state index in [2.05, 4.69) is 33.7 Å². The molecule has 32 heavy (non-hydrogen) atoms. The standard InChI is InChI=1S/C24H29ClFN3O3/c1-16-14-29(20(15-32-16)13-17-3-5-18(25)6-4-17)19-8-11-28(12-9-19)23-22(26)21(7-10-27-23)24(30)31-2/h3-7,10,16,19-20H,8-9,11-15H2,1-2H3/t16-,20-/m0/s1. The number of hydrogen-bond acceptors (Lipinski definition) is 6. The molecule has 1 aromatic heterocycles. The van der Waals surface area contributed by atoms with Crippen molar-refractivity contribution < 1.29 is 18.7 Å². The van der Waals surface area contributed by atoms with Gasteiger partial charge in [-0.3, -0.25) is 4.90 Å². The van der Waals surface area contributed by atoms with Gasteiger partial charge in [0.2, 0.25) is 0 Å². The van der Waals surface area contributed by atoms with Crippen LogP contribution in [0.5, 0.6) is 0 Å². The monoisotopic (exact) mass is 461 g/mol. The summed E-state index contributed by atoms with van der Waals surface area (Å²) in [7, 11) is 1.25. The maximum Gasteiger partial charge on any atom is 0.341 e. The molecule has 8 heteroatoms. The number of aromatic nitrogens is 1. The van der Waals surface area contributed by atoms with E-state index in [1.54, 1.807) is 0 Å². The molecule has 2 aliphatic rings. The topological polar surface area (TPSA) is 54.9 Å². The second-order valence-electron chi connectivity index (χ2n) is 8.53. The van der Waals surface area contributed by atoms with Crippen LogP contribution in [-0.4, -0.2) is 67.4 Å². The maximum absolute atomic E-state index is 14.9. The number of nitrogens with zero attached hydrogens (tertiary/aromatic N) is 3. The van der Waals surface area contributed by atoms with Gasteiger partial charge in [-0.2, -0.15) is 0 Å². The zero-order valence-corrected chi connectivity index (χ0v) is 19.2. The van der Waals surface area contributed by atoms with E-state index in [1.165, 1.54) is 24.9 Å². The van der Waals surface area contributed by atoms with Gasteiger partial charge in [0.1, 0.15) is 5.56 Å². The largest absolute Gasteiger partial charge is 0.465 e. The van der Waals surface area contributed by atoms with Gasteiger partial charge in [0, 0.05) is 42.9 Å². The molecular weight excluding hydrogens is 433 g/mol. The number of methoxy groups -OCH3 is 1. The Morgan fingerprint density at radius 3 is 2.66 bits per heavy atom. The fourth-order valence-corrected chi connectivity index (χ4v) is 4.84. The van der Waals surface area contributed by atoms with Gasteiger partial charge in [-0.1, -0.05) is 23.7 Å². The van der Waals surface area contributed by atoms with Crippen LogP contribution in [0.25, 0.3) is 0 Å². The number of esters is 1. The normalized spacial score (nSPS) is 22.7. The SMILES string of the molecule is COC(=O)c1ccnc(N2CCC(N3C[C@H](C)OC[C@@H]3Cc3ccc(Cl)cc3)CC2)c1F. The second kappa shape index (κ2) is 10.1. The summed E-state index contributed by atoms with van der Waals surface area (Å²) < 4.78 is 25.5. The van der Waals surface area contributed by atoms with Crippen LogP contribution in [0.15, 0.2) is 36.5 Å². The van der Waals surface area contributed by atoms with Gasteiger partial charge in [0.05, 0.1) is 19.8 Å². The number of halogens is 2. The Hall–Kier alpha value is -2.22. The van der Waals surface area contributed by atoms with Gasteiger partial charge in [-0.05, 0) is 49.9 Å². The molecule has 3 heterocycles. The van der Waals surface area contributed by atoms with Crippen LogP contribution in [0, 0.1) is 5.82 Å². The third kappa shape index (κ3) is 5.05. The first kappa shape index (κ1) is 23.0. The van der Waals surface area contributed by atoms with Crippen LogP contribution < -0.4 is 4.90 Å². The van der Waals surface area contributed by atoms with Crippen molar-refractivity contribution >= 4 is 23.4 Å². The maximum atomic E-state index is 14.9. The number of hydrogen-bond donors (Lipinski definition) is 0. The summed E-state index contributed by atoms with van der Waals surface area (Å²) in [6.45, 7) is 5.05. The molecule has 0 spiro atoms. The van der Waals surface area contributed by atoms with Crippen LogP contribution in [0.4, 0.5) is 10.2 Å². The molecule has 0 unspecified atom stereocenters. The van der Waals surface area contributed by atoms with Crippen LogP contribution in [-0.2, 0) is 15.9 Å². The summed E-state index contributed by atoms with van der Waals surface area (Å²) >= 11 is 6.04. The summed E-state index contributed by atoms with van der Waals surface area (Å²) in [6.07, 6.45) is 4.34. The fraction of sp³-hybridized carbons (Fsp3) is 0.500. The predicted octanol–water partition coefficient (Wildman–Crippen LogP) is 3.96. The number of pyridine rings is 1. The first-order chi connectivity index (χ1) is 15.5. The first-order valence-electron chi connectivity index (χ1n) is 11.1. The van der Waals surface area contributed by atoms with E-state index in [-0.39, 0.29) is 17.5 Å². The van der Waals surface area contributed by atoms with Gasteiger partial charge < -0.3 is 14.4 Å². The average Bonchev–Trinajstić information content (AvgIpc) is 2.81. The van der Waals surface area contributed by atoms with E-state index < -0.39 is 11.8 Å². The molecule has 0 aliphatic carbocycles. The van der Waals surface area contributed by atoms with E-state index in [9.17, 15) is 9.18 Å². The third-order valence-electron chi connectivity index (χ3n) is 6.40. The molecule has 1 aromatic carbocycles. The molecule has 0 bridgehead atoms. The van der Waals surface area contributed by atoms with Crippen molar-refractivity contribution in [2.45, 2.75) is 44.4 Å². The smallest absolute Gasteiger partial charge is 0.341 e. The van der Waals surface area contributed by atoms with Gasteiger partial charge in [-0.25, -0.2) is 14.2 Å². The molecule has 2 fully saturated rings. The van der Waals surface area contributed by atoms with Gasteiger partial charge in [0.25, 0.3) is 0 Å². The van der Waals surface area contributed by atoms with Crippen LogP contribution in [0.2, 0.25) is 5.02 Å². The molecule has 0 radical (unpaired) electrons. The van der Waals surface area contributed by atoms with Crippen molar-refractivity contribution in [3.63, 3.8) is 0 Å². The molecule has 2 saturated heterocycles. The predicted molar refractivity (Wildman–Crippen MR) is 122 cm³/mol. The zero-order valence-electron chi connectivity index (χ0n) is 18.5. The highest BCUT2D eigenvalue weighted by molar-refractivity contribution is 6.30. The Labute approximate surface area is 193 Å².